The number of carboxylic acids is 1. The number of nitrogens with one attached hydrogen (secondary N) is 1. The average molecular weight is 1240 g/mol. The lowest BCUT2D eigenvalue weighted by molar-refractivity contribution is -0.150. The van der Waals surface area contributed by atoms with Crippen LogP contribution in [0.3, 0.4) is 0 Å². The monoisotopic (exact) mass is 1240 g/mol. The fourth-order valence-electron chi connectivity index (χ4n) is 9.87. The van der Waals surface area contributed by atoms with Crippen LogP contribution in [-0.2, 0) is 49.7 Å². The van der Waals surface area contributed by atoms with Crippen molar-refractivity contribution in [2.75, 3.05) is 144 Å². The summed E-state index contributed by atoms with van der Waals surface area (Å²) in [5, 5.41) is 12.8. The molecule has 26 nitrogen and oxygen atoms in total. The number of carbonyl (C=O) groups is 9. The van der Waals surface area contributed by atoms with E-state index in [1.807, 2.05) is 45.9 Å². The van der Waals surface area contributed by atoms with Crippen LogP contribution in [0.4, 0.5) is 0 Å². The van der Waals surface area contributed by atoms with Gasteiger partial charge in [-0.15, -0.1) is 0 Å². The molecule has 88 heavy (non-hydrogen) atoms. The molecule has 0 saturated carbocycles. The number of aliphatic carboxylic acids is 1. The number of fused-ring (bicyclic) bond motifs is 1. The molecule has 1 unspecified atom stereocenters. The maximum absolute atomic E-state index is 15.3. The van der Waals surface area contributed by atoms with Crippen LogP contribution in [0.1, 0.15) is 116 Å². The van der Waals surface area contributed by atoms with Gasteiger partial charge in [0.25, 0.3) is 0 Å². The predicted molar refractivity (Wildman–Crippen MR) is 336 cm³/mol. The highest BCUT2D eigenvalue weighted by Crippen LogP contribution is 2.33. The predicted octanol–water partition coefficient (Wildman–Crippen LogP) is 0.986. The fraction of sp³-hybridized carbons (Fsp3) is 0.661. The van der Waals surface area contributed by atoms with E-state index in [1.54, 1.807) is 37.3 Å². The second kappa shape index (κ2) is 42.0. The first-order chi connectivity index (χ1) is 42.2. The molecule has 1 atom stereocenters. The minimum Gasteiger partial charge on any atom is -0.480 e. The van der Waals surface area contributed by atoms with Crippen LogP contribution in [0.5, 0.6) is 11.5 Å². The molecule has 0 aromatic heterocycles. The van der Waals surface area contributed by atoms with Crippen LogP contribution in [0.2, 0.25) is 0 Å². The van der Waals surface area contributed by atoms with E-state index in [1.165, 1.54) is 39.2 Å². The zero-order valence-electron chi connectivity index (χ0n) is 53.1. The lowest BCUT2D eigenvalue weighted by Crippen LogP contribution is -2.53. The molecule has 0 bridgehead atoms. The van der Waals surface area contributed by atoms with Gasteiger partial charge in [0.2, 0.25) is 54.1 Å². The second-order valence-electron chi connectivity index (χ2n) is 23.2. The summed E-state index contributed by atoms with van der Waals surface area (Å²) >= 11 is 0. The lowest BCUT2D eigenvalue weighted by atomic mass is 10.1. The van der Waals surface area contributed by atoms with Gasteiger partial charge in [-0.05, 0) is 145 Å². The van der Waals surface area contributed by atoms with Crippen LogP contribution in [-0.4, -0.2) is 242 Å². The number of carbonyl (C=O) groups excluding carboxylic acids is 8. The molecule has 1 aliphatic rings. The van der Waals surface area contributed by atoms with E-state index in [0.717, 1.165) is 12.8 Å². The van der Waals surface area contributed by atoms with Crippen molar-refractivity contribution in [1.82, 2.24) is 44.5 Å². The molecular formula is C62H104N14O12. The number of nitrogens with two attached hydrogens (primary N) is 5. The maximum atomic E-state index is 15.3. The molecular weight excluding hydrogens is 1130 g/mol. The summed E-state index contributed by atoms with van der Waals surface area (Å²) in [5.41, 5.74) is 30.2. The number of carboxylic acid groups (broad SMARTS) is 1. The third-order valence-corrected chi connectivity index (χ3v) is 14.7. The Morgan fingerprint density at radius 1 is 0.455 bits per heavy atom. The number of amides is 8. The summed E-state index contributed by atoms with van der Waals surface area (Å²) in [4.78, 5) is 139. The summed E-state index contributed by atoms with van der Waals surface area (Å²) in [7, 11) is 0. The van der Waals surface area contributed by atoms with Gasteiger partial charge in [-0.25, -0.2) is 0 Å². The average Bonchev–Trinajstić information content (AvgIpc) is 4.17. The van der Waals surface area contributed by atoms with E-state index in [-0.39, 0.29) is 83.4 Å². The molecule has 1 aliphatic heterocycles. The summed E-state index contributed by atoms with van der Waals surface area (Å²) < 4.78 is 11.2. The zero-order chi connectivity index (χ0) is 65.0. The number of hydrogen-bond donors (Lipinski definition) is 7. The van der Waals surface area contributed by atoms with Gasteiger partial charge < -0.3 is 87.8 Å². The number of rotatable bonds is 46. The molecule has 2 aromatic carbocycles. The van der Waals surface area contributed by atoms with Crippen LogP contribution >= 0.6 is 0 Å². The SMILES string of the molecule is CC(C)CN(CC(=O)N(CCCCN)CC(=O)N(CC(=O)N(CC(=O)N(CCCCN)CC(=O)N(CC(=O)N(CCCCN)CC(=O)N(CCCCN)CC(=O)O)CC(C)C)Cc1ccc2c(c1)OCO2)C(C)c1ccccc1)C(=O)CNCCCCN. The Morgan fingerprint density at radius 2 is 0.852 bits per heavy atom. The Bertz CT molecular complexity index is 2470. The van der Waals surface area contributed by atoms with Gasteiger partial charge in [-0.1, -0.05) is 64.1 Å². The molecule has 1 heterocycles. The fourth-order valence-corrected chi connectivity index (χ4v) is 9.87. The molecule has 8 amide bonds. The van der Waals surface area contributed by atoms with Gasteiger partial charge in [-0.2, -0.15) is 0 Å². The normalized spacial score (nSPS) is 12.0. The van der Waals surface area contributed by atoms with Crippen molar-refractivity contribution in [2.45, 2.75) is 111 Å². The summed E-state index contributed by atoms with van der Waals surface area (Å²) in [6.45, 7) is 8.67. The molecule has 3 rings (SSSR count). The highest BCUT2D eigenvalue weighted by molar-refractivity contribution is 5.94. The number of hydrogen-bond acceptors (Lipinski definition) is 17. The molecule has 0 saturated heterocycles. The number of ether oxygens (including phenoxy) is 2. The second-order valence-corrected chi connectivity index (χ2v) is 23.2. The topological polar surface area (TPSA) is 360 Å². The van der Waals surface area contributed by atoms with Crippen molar-refractivity contribution in [2.24, 2.45) is 40.5 Å². The van der Waals surface area contributed by atoms with E-state index in [4.69, 9.17) is 38.1 Å². The first-order valence-electron chi connectivity index (χ1n) is 31.3. The molecule has 494 valence electrons. The Hall–Kier alpha value is -6.97. The van der Waals surface area contributed by atoms with E-state index in [9.17, 15) is 33.9 Å². The minimum absolute atomic E-state index is 0.0149. The maximum Gasteiger partial charge on any atom is 0.323 e. The minimum atomic E-state index is -1.21. The van der Waals surface area contributed by atoms with Gasteiger partial charge in [-0.3, -0.25) is 43.2 Å². The highest BCUT2D eigenvalue weighted by atomic mass is 16.7. The van der Waals surface area contributed by atoms with Crippen LogP contribution in [0.15, 0.2) is 48.5 Å². The van der Waals surface area contributed by atoms with Gasteiger partial charge in [0.15, 0.2) is 11.5 Å². The summed E-state index contributed by atoms with van der Waals surface area (Å²) in [6, 6.07) is 13.5. The van der Waals surface area contributed by atoms with E-state index < -0.39 is 99.2 Å². The molecule has 0 spiro atoms. The summed E-state index contributed by atoms with van der Waals surface area (Å²) in [6.07, 6.45) is 5.46. The quantitative estimate of drug-likeness (QED) is 0.0454. The van der Waals surface area contributed by atoms with E-state index in [2.05, 4.69) is 5.32 Å². The Kier molecular flexibility index (Phi) is 36.0. The van der Waals surface area contributed by atoms with Crippen molar-refractivity contribution in [1.29, 1.82) is 0 Å². The van der Waals surface area contributed by atoms with Gasteiger partial charge in [0, 0.05) is 45.8 Å². The largest absolute Gasteiger partial charge is 0.480 e. The third kappa shape index (κ3) is 28.0. The van der Waals surface area contributed by atoms with Crippen LogP contribution in [0.25, 0.3) is 0 Å². The van der Waals surface area contributed by atoms with Crippen molar-refractivity contribution in [3.8, 4) is 11.5 Å². The first kappa shape index (κ1) is 75.3. The number of nitrogens with zero attached hydrogens (tertiary/aromatic N) is 8. The van der Waals surface area contributed by atoms with Gasteiger partial charge in [0.1, 0.15) is 19.6 Å². The van der Waals surface area contributed by atoms with Gasteiger partial charge >= 0.3 is 5.97 Å². The van der Waals surface area contributed by atoms with Crippen molar-refractivity contribution < 1.29 is 57.7 Å². The van der Waals surface area contributed by atoms with Crippen LogP contribution < -0.4 is 43.5 Å². The van der Waals surface area contributed by atoms with Crippen molar-refractivity contribution >= 4 is 53.2 Å². The molecule has 12 N–H and O–H groups in total. The van der Waals surface area contributed by atoms with Crippen molar-refractivity contribution in [3.63, 3.8) is 0 Å². The Labute approximate surface area is 521 Å². The van der Waals surface area contributed by atoms with E-state index in [0.29, 0.717) is 113 Å². The number of benzene rings is 2. The Balaban J connectivity index is 2.06. The molecule has 2 aromatic rings. The molecule has 0 fully saturated rings. The molecule has 0 radical (unpaired) electrons. The molecule has 0 aliphatic carbocycles. The smallest absolute Gasteiger partial charge is 0.323 e. The van der Waals surface area contributed by atoms with Crippen molar-refractivity contribution in [3.05, 3.63) is 59.7 Å². The van der Waals surface area contributed by atoms with E-state index >= 15 is 14.4 Å². The molecule has 26 heteroatoms. The standard InChI is InChI=1S/C62H104N14O12/c1-47(2)35-73(54(77)34-68-28-14-9-23-63)40-56(79)71(31-17-12-26-66)43-61(84)76(49(5)51-19-7-6-8-20-51)44-60(83)75(37-50-21-22-52-53(33-50)88-46-87-52)42-58(81)70(30-16-11-25-65)39-59(82)74(36-48(3)4)41-57(80)69(29-15-10-24-64)38-55(78)72(45-62(85)86)32-18-13-27-67/h6-8,19-22,33,47-49,68H,9-18,23-32,34-46,63-67H2,1-5H3,(H,85,86). The Morgan fingerprint density at radius 3 is 1.32 bits per heavy atom. The van der Waals surface area contributed by atoms with Crippen LogP contribution in [0, 0.1) is 11.8 Å². The third-order valence-electron chi connectivity index (χ3n) is 14.7. The number of unbranched alkanes of at least 4 members (excludes halogenated alkanes) is 5. The first-order valence-corrected chi connectivity index (χ1v) is 31.3. The highest BCUT2D eigenvalue weighted by Gasteiger charge is 2.33. The zero-order valence-corrected chi connectivity index (χ0v) is 53.1. The lowest BCUT2D eigenvalue weighted by Gasteiger charge is -2.35. The van der Waals surface area contributed by atoms with Gasteiger partial charge in [0.05, 0.1) is 45.3 Å². The summed E-state index contributed by atoms with van der Waals surface area (Å²) in [5.74, 6) is -4.70.